The second-order valence-electron chi connectivity index (χ2n) is 5.10. The lowest BCUT2D eigenvalue weighted by Gasteiger charge is -2.08. The van der Waals surface area contributed by atoms with E-state index >= 15 is 0 Å². The molecule has 1 N–H and O–H groups in total. The van der Waals surface area contributed by atoms with E-state index in [1.807, 2.05) is 14.1 Å². The summed E-state index contributed by atoms with van der Waals surface area (Å²) in [4.78, 5) is 9.21. The fraction of sp³-hybridized carbons (Fsp3) is 0.538. The number of nitrogens with one attached hydrogen (secondary N) is 1. The molecule has 0 bridgehead atoms. The highest BCUT2D eigenvalue weighted by Gasteiger charge is 2.11. The van der Waals surface area contributed by atoms with Crippen molar-refractivity contribution in [2.45, 2.75) is 24.9 Å². The van der Waals surface area contributed by atoms with Crippen LogP contribution >= 0.6 is 11.8 Å². The van der Waals surface area contributed by atoms with Crippen molar-refractivity contribution in [3.8, 4) is 0 Å². The van der Waals surface area contributed by atoms with Crippen LogP contribution in [0.1, 0.15) is 19.2 Å². The summed E-state index contributed by atoms with van der Waals surface area (Å²) in [5.41, 5.74) is 0.858. The highest BCUT2D eigenvalue weighted by atomic mass is 32.2. The number of hydrogen-bond acceptors (Lipinski definition) is 8. The Bertz CT molecular complexity index is 794. The Labute approximate surface area is 137 Å². The number of thioether (sulfide) groups is 1. The van der Waals surface area contributed by atoms with Gasteiger partial charge in [-0.2, -0.15) is 5.10 Å². The second kappa shape index (κ2) is 6.90. The molecule has 0 atom stereocenters. The Morgan fingerprint density at radius 3 is 2.83 bits per heavy atom. The van der Waals surface area contributed by atoms with Crippen LogP contribution in [-0.4, -0.2) is 52.3 Å². The predicted octanol–water partition coefficient (Wildman–Crippen LogP) is 1.04. The van der Waals surface area contributed by atoms with E-state index in [2.05, 4.69) is 42.8 Å². The third kappa shape index (κ3) is 3.41. The van der Waals surface area contributed by atoms with Crippen LogP contribution in [0.4, 0.5) is 5.82 Å². The molecule has 3 rings (SSSR count). The zero-order valence-electron chi connectivity index (χ0n) is 13.4. The normalized spacial score (nSPS) is 11.3. The van der Waals surface area contributed by atoms with Gasteiger partial charge in [0.15, 0.2) is 5.65 Å². The highest BCUT2D eigenvalue weighted by molar-refractivity contribution is 7.99. The van der Waals surface area contributed by atoms with E-state index in [1.54, 1.807) is 27.3 Å². The minimum absolute atomic E-state index is 0.754. The Kier molecular flexibility index (Phi) is 4.70. The molecule has 3 aromatic heterocycles. The molecule has 122 valence electrons. The number of hydrogen-bond donors (Lipinski definition) is 1. The molecule has 0 aliphatic heterocycles. The Hall–Kier alpha value is -2.23. The summed E-state index contributed by atoms with van der Waals surface area (Å²) in [5, 5.41) is 20.8. The van der Waals surface area contributed by atoms with Crippen LogP contribution in [0.25, 0.3) is 11.0 Å². The average molecular weight is 333 g/mol. The monoisotopic (exact) mass is 333 g/mol. The lowest BCUT2D eigenvalue weighted by molar-refractivity contribution is 0.664. The summed E-state index contributed by atoms with van der Waals surface area (Å²) >= 11 is 1.60. The van der Waals surface area contributed by atoms with Gasteiger partial charge in [-0.1, -0.05) is 18.7 Å². The van der Waals surface area contributed by atoms with Crippen LogP contribution in [0.15, 0.2) is 11.4 Å². The first-order chi connectivity index (χ1) is 11.2. The third-order valence-corrected chi connectivity index (χ3v) is 4.33. The van der Waals surface area contributed by atoms with Gasteiger partial charge in [-0.15, -0.1) is 5.10 Å². The van der Waals surface area contributed by atoms with E-state index in [4.69, 9.17) is 0 Å². The maximum atomic E-state index is 4.63. The summed E-state index contributed by atoms with van der Waals surface area (Å²) < 4.78 is 3.44. The number of aromatic nitrogens is 8. The van der Waals surface area contributed by atoms with Gasteiger partial charge in [0.05, 0.1) is 11.6 Å². The van der Waals surface area contributed by atoms with E-state index in [9.17, 15) is 0 Å². The molecule has 3 aromatic rings. The minimum atomic E-state index is 0.754. The summed E-state index contributed by atoms with van der Waals surface area (Å²) in [6.07, 6.45) is 3.67. The number of anilines is 1. The maximum Gasteiger partial charge on any atom is 0.209 e. The maximum absolute atomic E-state index is 4.63. The lowest BCUT2D eigenvalue weighted by Crippen LogP contribution is -2.09. The van der Waals surface area contributed by atoms with E-state index in [0.717, 1.165) is 53.0 Å². The van der Waals surface area contributed by atoms with Gasteiger partial charge in [-0.05, 0) is 16.8 Å². The first-order valence-electron chi connectivity index (χ1n) is 7.46. The summed E-state index contributed by atoms with van der Waals surface area (Å²) in [7, 11) is 3.72. The fourth-order valence-corrected chi connectivity index (χ4v) is 2.90. The van der Waals surface area contributed by atoms with Crippen molar-refractivity contribution in [3.63, 3.8) is 0 Å². The van der Waals surface area contributed by atoms with Gasteiger partial charge in [0.25, 0.3) is 0 Å². The molecule has 9 nitrogen and oxygen atoms in total. The van der Waals surface area contributed by atoms with Crippen molar-refractivity contribution in [1.29, 1.82) is 0 Å². The van der Waals surface area contributed by atoms with Crippen LogP contribution in [0.2, 0.25) is 0 Å². The molecule has 0 fully saturated rings. The van der Waals surface area contributed by atoms with Crippen LogP contribution in [-0.2, 0) is 20.5 Å². The molecule has 3 heterocycles. The van der Waals surface area contributed by atoms with E-state index in [1.165, 1.54) is 0 Å². The standard InChI is InChI=1S/C13H19N9S/c1-4-5-10-16-11(9-8-15-21(2)12(9)17-10)14-6-7-23-13-18-19-20-22(13)3/h8H,4-7H2,1-3H3,(H,14,16,17). The Morgan fingerprint density at radius 1 is 1.22 bits per heavy atom. The zero-order chi connectivity index (χ0) is 16.2. The lowest BCUT2D eigenvalue weighted by atomic mass is 10.3. The average Bonchev–Trinajstić information content (AvgIpc) is 3.11. The van der Waals surface area contributed by atoms with Crippen molar-refractivity contribution in [2.75, 3.05) is 17.6 Å². The zero-order valence-corrected chi connectivity index (χ0v) is 14.2. The van der Waals surface area contributed by atoms with Crippen LogP contribution < -0.4 is 5.32 Å². The van der Waals surface area contributed by atoms with Gasteiger partial charge < -0.3 is 5.32 Å². The molecule has 23 heavy (non-hydrogen) atoms. The van der Waals surface area contributed by atoms with E-state index in [-0.39, 0.29) is 0 Å². The summed E-state index contributed by atoms with van der Waals surface area (Å²) in [5.74, 6) is 2.52. The first-order valence-corrected chi connectivity index (χ1v) is 8.45. The molecular weight excluding hydrogens is 314 g/mol. The van der Waals surface area contributed by atoms with Crippen molar-refractivity contribution < 1.29 is 0 Å². The van der Waals surface area contributed by atoms with Crippen molar-refractivity contribution >= 4 is 28.6 Å². The number of rotatable bonds is 7. The summed E-state index contributed by atoms with van der Waals surface area (Å²) in [6, 6.07) is 0. The van der Waals surface area contributed by atoms with Crippen LogP contribution in [0.3, 0.4) is 0 Å². The molecular formula is C13H19N9S. The van der Waals surface area contributed by atoms with E-state index < -0.39 is 0 Å². The predicted molar refractivity (Wildman–Crippen MR) is 88.3 cm³/mol. The molecule has 10 heteroatoms. The minimum Gasteiger partial charge on any atom is -0.369 e. The van der Waals surface area contributed by atoms with E-state index in [0.29, 0.717) is 0 Å². The van der Waals surface area contributed by atoms with Gasteiger partial charge in [-0.3, -0.25) is 4.68 Å². The summed E-state index contributed by atoms with van der Waals surface area (Å²) in [6.45, 7) is 2.87. The third-order valence-electron chi connectivity index (χ3n) is 3.32. The van der Waals surface area contributed by atoms with Gasteiger partial charge in [0.2, 0.25) is 5.16 Å². The molecule has 0 amide bonds. The number of aryl methyl sites for hydroxylation is 3. The highest BCUT2D eigenvalue weighted by Crippen LogP contribution is 2.20. The number of nitrogens with zero attached hydrogens (tertiary/aromatic N) is 8. The molecule has 0 spiro atoms. The molecule has 0 aliphatic rings. The van der Waals surface area contributed by atoms with Gasteiger partial charge >= 0.3 is 0 Å². The molecule has 0 saturated carbocycles. The SMILES string of the molecule is CCCc1nc(NCCSc2nnnn2C)c2cnn(C)c2n1. The van der Waals surface area contributed by atoms with Crippen molar-refractivity contribution in [2.24, 2.45) is 14.1 Å². The van der Waals surface area contributed by atoms with Gasteiger partial charge in [0, 0.05) is 32.8 Å². The fourth-order valence-electron chi connectivity index (χ4n) is 2.19. The quantitative estimate of drug-likeness (QED) is 0.506. The molecule has 0 aliphatic carbocycles. The smallest absolute Gasteiger partial charge is 0.209 e. The number of fused-ring (bicyclic) bond motifs is 1. The molecule has 0 unspecified atom stereocenters. The van der Waals surface area contributed by atoms with Crippen molar-refractivity contribution in [3.05, 3.63) is 12.0 Å². The van der Waals surface area contributed by atoms with Gasteiger partial charge in [-0.25, -0.2) is 14.6 Å². The largest absolute Gasteiger partial charge is 0.369 e. The van der Waals surface area contributed by atoms with Crippen LogP contribution in [0, 0.1) is 0 Å². The van der Waals surface area contributed by atoms with Crippen LogP contribution in [0.5, 0.6) is 0 Å². The topological polar surface area (TPSA) is 99.2 Å². The van der Waals surface area contributed by atoms with Gasteiger partial charge in [0.1, 0.15) is 11.6 Å². The Morgan fingerprint density at radius 2 is 2.09 bits per heavy atom. The second-order valence-corrected chi connectivity index (χ2v) is 6.17. The first kappa shape index (κ1) is 15.7. The molecule has 0 radical (unpaired) electrons. The Balaban J connectivity index is 1.70. The number of tetrazole rings is 1. The molecule has 0 saturated heterocycles. The molecule has 0 aromatic carbocycles. The van der Waals surface area contributed by atoms with Crippen molar-refractivity contribution in [1.82, 2.24) is 40.0 Å².